The van der Waals surface area contributed by atoms with E-state index in [1.165, 1.54) is 6.42 Å². The molecule has 0 spiro atoms. The van der Waals surface area contributed by atoms with Crippen LogP contribution in [0, 0.1) is 0 Å². The van der Waals surface area contributed by atoms with E-state index in [1.807, 2.05) is 0 Å². The van der Waals surface area contributed by atoms with Crippen molar-refractivity contribution in [1.29, 1.82) is 0 Å². The normalized spacial score (nSPS) is 17.9. The van der Waals surface area contributed by atoms with Gasteiger partial charge in [-0.05, 0) is 25.3 Å². The third-order valence-electron chi connectivity index (χ3n) is 3.11. The molecule has 1 aliphatic carbocycles. The van der Waals surface area contributed by atoms with Gasteiger partial charge in [0.25, 0.3) is 0 Å². The van der Waals surface area contributed by atoms with E-state index in [9.17, 15) is 0 Å². The second-order valence-electron chi connectivity index (χ2n) is 4.20. The third kappa shape index (κ3) is 2.39. The Kier molecular flexibility index (Phi) is 3.21. The number of anilines is 2. The van der Waals surface area contributed by atoms with E-state index < -0.39 is 0 Å². The average Bonchev–Trinajstić information content (AvgIpc) is 2.15. The van der Waals surface area contributed by atoms with Crippen LogP contribution in [0.1, 0.15) is 19.3 Å². The minimum absolute atomic E-state index is 0.0290. The summed E-state index contributed by atoms with van der Waals surface area (Å²) in [4.78, 5) is 4.15. The molecule has 1 saturated carbocycles. The number of nitrogens with zero attached hydrogens (tertiary/aromatic N) is 1. The van der Waals surface area contributed by atoms with E-state index in [4.69, 9.17) is 22.1 Å². The minimum Gasteiger partial charge on any atom is -0.399 e. The highest BCUT2D eigenvalue weighted by Crippen LogP contribution is 2.35. The first-order valence-corrected chi connectivity index (χ1v) is 5.73. The summed E-state index contributed by atoms with van der Waals surface area (Å²) in [7, 11) is 1.75. The highest BCUT2D eigenvalue weighted by atomic mass is 35.5. The van der Waals surface area contributed by atoms with Crippen LogP contribution in [0.5, 0.6) is 0 Å². The topological polar surface area (TPSA) is 60.2 Å². The molecule has 2 rings (SSSR count). The molecule has 88 valence electrons. The lowest BCUT2D eigenvalue weighted by atomic mass is 9.80. The van der Waals surface area contributed by atoms with Gasteiger partial charge < -0.3 is 15.8 Å². The van der Waals surface area contributed by atoms with Crippen LogP contribution in [0.3, 0.4) is 0 Å². The number of rotatable bonds is 4. The van der Waals surface area contributed by atoms with E-state index in [0.717, 1.165) is 19.4 Å². The number of nitrogens with one attached hydrogen (secondary N) is 1. The molecular weight excluding hydrogens is 226 g/mol. The van der Waals surface area contributed by atoms with Gasteiger partial charge in [-0.2, -0.15) is 0 Å². The van der Waals surface area contributed by atoms with E-state index >= 15 is 0 Å². The first-order valence-electron chi connectivity index (χ1n) is 5.36. The molecule has 3 N–H and O–H groups in total. The zero-order chi connectivity index (χ0) is 11.6. The molecule has 1 heterocycles. The number of nitrogens with two attached hydrogens (primary N) is 1. The minimum atomic E-state index is -0.0290. The largest absolute Gasteiger partial charge is 0.399 e. The Labute approximate surface area is 100 Å². The van der Waals surface area contributed by atoms with Crippen molar-refractivity contribution in [2.45, 2.75) is 24.9 Å². The van der Waals surface area contributed by atoms with Crippen LogP contribution in [0.15, 0.2) is 12.1 Å². The van der Waals surface area contributed by atoms with E-state index in [0.29, 0.717) is 16.7 Å². The van der Waals surface area contributed by atoms with Crippen molar-refractivity contribution in [2.75, 3.05) is 24.7 Å². The van der Waals surface area contributed by atoms with Gasteiger partial charge in [-0.1, -0.05) is 11.6 Å². The summed E-state index contributed by atoms with van der Waals surface area (Å²) in [6, 6.07) is 3.40. The van der Waals surface area contributed by atoms with Crippen LogP contribution in [-0.2, 0) is 4.74 Å². The van der Waals surface area contributed by atoms with E-state index in [-0.39, 0.29) is 5.60 Å². The monoisotopic (exact) mass is 241 g/mol. The van der Waals surface area contributed by atoms with Crippen molar-refractivity contribution in [3.63, 3.8) is 0 Å². The Bertz CT molecular complexity index is 354. The number of pyridine rings is 1. The Morgan fingerprint density at radius 1 is 1.56 bits per heavy atom. The Morgan fingerprint density at radius 2 is 2.31 bits per heavy atom. The van der Waals surface area contributed by atoms with Gasteiger partial charge in [-0.3, -0.25) is 0 Å². The summed E-state index contributed by atoms with van der Waals surface area (Å²) in [5, 5.41) is 3.62. The van der Waals surface area contributed by atoms with Gasteiger partial charge in [-0.25, -0.2) is 4.98 Å². The standard InChI is InChI=1S/C11H16ClN3O/c1-16-11(3-2-4-11)7-14-10-6-8(13)5-9(12)15-10/h5-6H,2-4,7H2,1H3,(H3,13,14,15). The van der Waals surface area contributed by atoms with Crippen molar-refractivity contribution >= 4 is 23.1 Å². The van der Waals surface area contributed by atoms with Crippen LogP contribution >= 0.6 is 11.6 Å². The molecule has 5 heteroatoms. The van der Waals surface area contributed by atoms with Crippen LogP contribution in [0.2, 0.25) is 5.15 Å². The molecule has 0 unspecified atom stereocenters. The fourth-order valence-electron chi connectivity index (χ4n) is 1.88. The van der Waals surface area contributed by atoms with E-state index in [2.05, 4.69) is 10.3 Å². The van der Waals surface area contributed by atoms with Gasteiger partial charge in [0.15, 0.2) is 0 Å². The quantitative estimate of drug-likeness (QED) is 0.795. The second kappa shape index (κ2) is 4.47. The van der Waals surface area contributed by atoms with Crippen LogP contribution < -0.4 is 11.1 Å². The molecule has 1 fully saturated rings. The van der Waals surface area contributed by atoms with Crippen LogP contribution in [0.25, 0.3) is 0 Å². The predicted octanol–water partition coefficient (Wildman–Crippen LogP) is 2.30. The maximum atomic E-state index is 5.82. The van der Waals surface area contributed by atoms with Gasteiger partial charge >= 0.3 is 0 Å². The highest BCUT2D eigenvalue weighted by molar-refractivity contribution is 6.29. The predicted molar refractivity (Wildman–Crippen MR) is 65.7 cm³/mol. The molecule has 0 aromatic carbocycles. The molecule has 0 bridgehead atoms. The highest BCUT2D eigenvalue weighted by Gasteiger charge is 2.36. The molecule has 0 aliphatic heterocycles. The molecule has 0 saturated heterocycles. The zero-order valence-electron chi connectivity index (χ0n) is 9.29. The Hall–Kier alpha value is -1.00. The molecule has 0 atom stereocenters. The summed E-state index contributed by atoms with van der Waals surface area (Å²) in [6.07, 6.45) is 3.40. The lowest BCUT2D eigenvalue weighted by molar-refractivity contribution is -0.0601. The number of aromatic nitrogens is 1. The molecule has 4 nitrogen and oxygen atoms in total. The van der Waals surface area contributed by atoms with Gasteiger partial charge in [0.05, 0.1) is 5.60 Å². The van der Waals surface area contributed by atoms with Gasteiger partial charge in [0.2, 0.25) is 0 Å². The zero-order valence-corrected chi connectivity index (χ0v) is 10.0. The first kappa shape index (κ1) is 11.5. The summed E-state index contributed by atoms with van der Waals surface area (Å²) in [6.45, 7) is 0.746. The molecule has 0 amide bonds. The van der Waals surface area contributed by atoms with Gasteiger partial charge in [-0.15, -0.1) is 0 Å². The van der Waals surface area contributed by atoms with Gasteiger partial charge in [0, 0.05) is 25.4 Å². The summed E-state index contributed by atoms with van der Waals surface area (Å²) in [5.41, 5.74) is 6.27. The number of methoxy groups -OCH3 is 1. The lowest BCUT2D eigenvalue weighted by Gasteiger charge is -2.40. The molecule has 0 radical (unpaired) electrons. The third-order valence-corrected chi connectivity index (χ3v) is 3.30. The van der Waals surface area contributed by atoms with Crippen LogP contribution in [0.4, 0.5) is 11.5 Å². The maximum Gasteiger partial charge on any atom is 0.133 e. The van der Waals surface area contributed by atoms with Crippen molar-refractivity contribution in [1.82, 2.24) is 4.98 Å². The molecule has 1 aromatic rings. The number of hydrogen-bond donors (Lipinski definition) is 2. The molecular formula is C11H16ClN3O. The maximum absolute atomic E-state index is 5.82. The Balaban J connectivity index is 1.98. The fourth-order valence-corrected chi connectivity index (χ4v) is 2.10. The smallest absolute Gasteiger partial charge is 0.133 e. The van der Waals surface area contributed by atoms with Crippen molar-refractivity contribution in [3.05, 3.63) is 17.3 Å². The number of hydrogen-bond acceptors (Lipinski definition) is 4. The molecule has 16 heavy (non-hydrogen) atoms. The lowest BCUT2D eigenvalue weighted by Crippen LogP contribution is -2.45. The van der Waals surface area contributed by atoms with Crippen molar-refractivity contribution in [3.8, 4) is 0 Å². The van der Waals surface area contributed by atoms with Gasteiger partial charge in [0.1, 0.15) is 11.0 Å². The fraction of sp³-hybridized carbons (Fsp3) is 0.545. The van der Waals surface area contributed by atoms with E-state index in [1.54, 1.807) is 19.2 Å². The second-order valence-corrected chi connectivity index (χ2v) is 4.59. The van der Waals surface area contributed by atoms with Crippen LogP contribution in [-0.4, -0.2) is 24.2 Å². The molecule has 1 aromatic heterocycles. The molecule has 1 aliphatic rings. The SMILES string of the molecule is COC1(CNc2cc(N)cc(Cl)n2)CCC1. The number of halogens is 1. The Morgan fingerprint density at radius 3 is 2.81 bits per heavy atom. The number of nitrogen functional groups attached to an aromatic ring is 1. The summed E-state index contributed by atoms with van der Waals surface area (Å²) < 4.78 is 5.50. The average molecular weight is 242 g/mol. The summed E-state index contributed by atoms with van der Waals surface area (Å²) in [5.74, 6) is 0.702. The number of ether oxygens (including phenoxy) is 1. The van der Waals surface area contributed by atoms with Crippen molar-refractivity contribution < 1.29 is 4.74 Å². The summed E-state index contributed by atoms with van der Waals surface area (Å²) >= 11 is 5.82. The van der Waals surface area contributed by atoms with Crippen molar-refractivity contribution in [2.24, 2.45) is 0 Å². The first-order chi connectivity index (χ1) is 7.63.